The number of anilines is 1. The van der Waals surface area contributed by atoms with Crippen molar-refractivity contribution in [1.29, 1.82) is 0 Å². The van der Waals surface area contributed by atoms with Gasteiger partial charge in [0.15, 0.2) is 0 Å². The number of nitro groups is 1. The zero-order chi connectivity index (χ0) is 54.5. The van der Waals surface area contributed by atoms with Gasteiger partial charge in [0.05, 0.1) is 17.4 Å². The maximum absolute atomic E-state index is 13.6. The average molecular weight is 1040 g/mol. The smallest absolute Gasteiger partial charge is 0.429 e. The van der Waals surface area contributed by atoms with E-state index in [-0.39, 0.29) is 54.2 Å². The third-order valence-electron chi connectivity index (χ3n) is 17.5. The second kappa shape index (κ2) is 26.8. The Morgan fingerprint density at radius 2 is 1.56 bits per heavy atom. The van der Waals surface area contributed by atoms with E-state index in [1.54, 1.807) is 24.6 Å². The fourth-order valence-corrected chi connectivity index (χ4v) is 13.1. The van der Waals surface area contributed by atoms with Crippen molar-refractivity contribution in [2.24, 2.45) is 58.0 Å². The van der Waals surface area contributed by atoms with E-state index in [2.05, 4.69) is 62.0 Å². The lowest BCUT2D eigenvalue weighted by atomic mass is 9.47. The third kappa shape index (κ3) is 15.6. The lowest BCUT2D eigenvalue weighted by Gasteiger charge is -2.58. The Morgan fingerprint density at radius 1 is 0.840 bits per heavy atom. The van der Waals surface area contributed by atoms with Crippen LogP contribution in [0.1, 0.15) is 157 Å². The molecule has 0 heterocycles. The SMILES string of the molecule is CCC(C)C(NC(=O)CCC(=O)NCCCOC1CCC2(C)C(=CCC3C2CCC2(C)C(C(C)CCCC(C)C)CCC32)C1)C(=O)NC(CC(N)=O)C(=O)Nc1ccc(COC(=O)Oc2ccc([N+](=O)[O-])cc2)cc1. The van der Waals surface area contributed by atoms with Crippen molar-refractivity contribution in [3.8, 4) is 5.75 Å². The molecule has 11 unspecified atom stereocenters. The van der Waals surface area contributed by atoms with E-state index < -0.39 is 53.2 Å². The maximum Gasteiger partial charge on any atom is 0.514 e. The molecule has 4 aliphatic rings. The summed E-state index contributed by atoms with van der Waals surface area (Å²) in [5, 5.41) is 21.7. The minimum absolute atomic E-state index is 0.0577. The minimum Gasteiger partial charge on any atom is -0.429 e. The van der Waals surface area contributed by atoms with Gasteiger partial charge in [-0.3, -0.25) is 34.1 Å². The monoisotopic (exact) mass is 1040 g/mol. The van der Waals surface area contributed by atoms with E-state index >= 15 is 0 Å². The van der Waals surface area contributed by atoms with Gasteiger partial charge < -0.3 is 41.2 Å². The van der Waals surface area contributed by atoms with Gasteiger partial charge in [-0.1, -0.05) is 97.9 Å². The van der Waals surface area contributed by atoms with Gasteiger partial charge in [-0.25, -0.2) is 4.79 Å². The standard InChI is InChI=1S/C58H84N6O11/c1-8-37(4)53(55(69)62-49(34-50(59)65)54(68)61-41-16-13-39(14-17-41)35-74-56(70)75-43-20-18-42(19-21-43)64(71)72)63-52(67)26-25-51(66)60-31-10-32-73-44-27-29-57(6)40(33-44)15-22-45-47-24-23-46(38(5)12-9-11-36(2)3)58(47,7)30-28-48(45)57/h13-21,36-38,44-49,53H,8-12,22-35H2,1-7H3,(H2,59,65)(H,60,66)(H,61,68)(H,62,69)(H,63,67). The van der Waals surface area contributed by atoms with E-state index in [1.807, 2.05) is 6.92 Å². The molecule has 3 saturated carbocycles. The van der Waals surface area contributed by atoms with E-state index in [1.165, 1.54) is 94.2 Å². The van der Waals surface area contributed by atoms with Gasteiger partial charge in [-0.15, -0.1) is 0 Å². The summed E-state index contributed by atoms with van der Waals surface area (Å²) in [5.74, 6) is 1.46. The van der Waals surface area contributed by atoms with Gasteiger partial charge in [0.1, 0.15) is 24.4 Å². The first-order valence-corrected chi connectivity index (χ1v) is 27.6. The molecule has 2 aromatic rings. The van der Waals surface area contributed by atoms with Crippen LogP contribution in [0, 0.1) is 62.4 Å². The second-order valence-electron chi connectivity index (χ2n) is 23.0. The zero-order valence-corrected chi connectivity index (χ0v) is 45.4. The Bertz CT molecular complexity index is 2340. The van der Waals surface area contributed by atoms with Crippen LogP contribution in [0.5, 0.6) is 5.75 Å². The molecule has 75 heavy (non-hydrogen) atoms. The van der Waals surface area contributed by atoms with Gasteiger partial charge >= 0.3 is 6.16 Å². The quantitative estimate of drug-likeness (QED) is 0.0148. The molecule has 5 amide bonds. The number of primary amides is 1. The lowest BCUT2D eigenvalue weighted by Crippen LogP contribution is -2.55. The summed E-state index contributed by atoms with van der Waals surface area (Å²) >= 11 is 0. The summed E-state index contributed by atoms with van der Waals surface area (Å²) in [7, 11) is 0. The van der Waals surface area contributed by atoms with Gasteiger partial charge in [-0.2, -0.15) is 0 Å². The Labute approximate surface area is 443 Å². The van der Waals surface area contributed by atoms with E-state index in [4.69, 9.17) is 19.9 Å². The first kappa shape index (κ1) is 58.4. The number of nitrogens with two attached hydrogens (primary N) is 1. The normalized spacial score (nSPS) is 25.4. The Balaban J connectivity index is 0.887. The molecule has 412 valence electrons. The average Bonchev–Trinajstić information content (AvgIpc) is 3.73. The van der Waals surface area contributed by atoms with E-state index in [0.717, 1.165) is 48.3 Å². The number of carbonyl (C=O) groups excluding carboxylic acids is 6. The molecular formula is C58H84N6O11. The molecule has 6 rings (SSSR count). The van der Waals surface area contributed by atoms with Crippen LogP contribution in [0.25, 0.3) is 0 Å². The van der Waals surface area contributed by atoms with Crippen LogP contribution in [-0.2, 0) is 40.1 Å². The Hall–Kier alpha value is -5.84. The molecule has 17 heteroatoms. The van der Waals surface area contributed by atoms with Gasteiger partial charge in [-0.05, 0) is 140 Å². The van der Waals surface area contributed by atoms with Crippen molar-refractivity contribution in [2.75, 3.05) is 18.5 Å². The highest BCUT2D eigenvalue weighted by atomic mass is 16.7. The molecule has 0 saturated heterocycles. The van der Waals surface area contributed by atoms with Crippen LogP contribution in [-0.4, -0.2) is 72.0 Å². The predicted octanol–water partition coefficient (Wildman–Crippen LogP) is 9.85. The van der Waals surface area contributed by atoms with Crippen molar-refractivity contribution in [3.05, 3.63) is 75.9 Å². The summed E-state index contributed by atoms with van der Waals surface area (Å²) < 4.78 is 16.6. The second-order valence-corrected chi connectivity index (χ2v) is 23.0. The first-order chi connectivity index (χ1) is 35.7. The molecule has 0 spiro atoms. The van der Waals surface area contributed by atoms with Gasteiger partial charge in [0, 0.05) is 43.8 Å². The number of hydrogen-bond acceptors (Lipinski definition) is 11. The first-order valence-electron chi connectivity index (χ1n) is 27.6. The van der Waals surface area contributed by atoms with Crippen LogP contribution >= 0.6 is 0 Å². The number of rotatable bonds is 26. The molecule has 17 nitrogen and oxygen atoms in total. The topological polar surface area (TPSA) is 247 Å². The zero-order valence-electron chi connectivity index (χ0n) is 45.4. The van der Waals surface area contributed by atoms with Crippen molar-refractivity contribution < 1.29 is 47.9 Å². The van der Waals surface area contributed by atoms with Crippen LogP contribution in [0.3, 0.4) is 0 Å². The molecule has 11 atom stereocenters. The van der Waals surface area contributed by atoms with Crippen LogP contribution in [0.2, 0.25) is 0 Å². The predicted molar refractivity (Wildman–Crippen MR) is 286 cm³/mol. The summed E-state index contributed by atoms with van der Waals surface area (Å²) in [4.78, 5) is 87.4. The summed E-state index contributed by atoms with van der Waals surface area (Å²) in [6.07, 6.45) is 16.2. The number of carbonyl (C=O) groups is 6. The van der Waals surface area contributed by atoms with Crippen LogP contribution < -0.4 is 31.7 Å². The molecule has 6 N–H and O–H groups in total. The number of ether oxygens (including phenoxy) is 3. The number of hydrogen-bond donors (Lipinski definition) is 5. The third-order valence-corrected chi connectivity index (χ3v) is 17.5. The minimum atomic E-state index is -1.38. The Morgan fingerprint density at radius 3 is 2.24 bits per heavy atom. The van der Waals surface area contributed by atoms with Gasteiger partial charge in [0.25, 0.3) is 5.69 Å². The van der Waals surface area contributed by atoms with Crippen molar-refractivity contribution in [1.82, 2.24) is 16.0 Å². The summed E-state index contributed by atoms with van der Waals surface area (Å²) in [6.45, 7) is 16.8. The van der Waals surface area contributed by atoms with Crippen molar-refractivity contribution in [3.63, 3.8) is 0 Å². The van der Waals surface area contributed by atoms with Crippen molar-refractivity contribution >= 4 is 47.1 Å². The largest absolute Gasteiger partial charge is 0.514 e. The number of benzene rings is 2. The molecule has 4 aliphatic carbocycles. The summed E-state index contributed by atoms with van der Waals surface area (Å²) in [5.41, 5.74) is 8.46. The molecule has 0 radical (unpaired) electrons. The molecule has 2 aromatic carbocycles. The fourth-order valence-electron chi connectivity index (χ4n) is 13.1. The van der Waals surface area contributed by atoms with Crippen LogP contribution in [0.4, 0.5) is 16.2 Å². The van der Waals surface area contributed by atoms with Crippen LogP contribution in [0.15, 0.2) is 60.2 Å². The highest BCUT2D eigenvalue weighted by Crippen LogP contribution is 2.67. The number of nitrogens with one attached hydrogen (secondary N) is 4. The number of fused-ring (bicyclic) bond motifs is 5. The maximum atomic E-state index is 13.6. The van der Waals surface area contributed by atoms with E-state index in [0.29, 0.717) is 42.7 Å². The lowest BCUT2D eigenvalue weighted by molar-refractivity contribution is -0.384. The molecule has 3 fully saturated rings. The molecule has 0 bridgehead atoms. The molecule has 0 aromatic heterocycles. The fraction of sp³-hybridized carbons (Fsp3) is 0.655. The number of amides is 5. The number of nitro benzene ring substituents is 1. The van der Waals surface area contributed by atoms with E-state index in [9.17, 15) is 38.9 Å². The Kier molecular flexibility index (Phi) is 20.9. The highest BCUT2D eigenvalue weighted by molar-refractivity contribution is 6.00. The number of allylic oxidation sites excluding steroid dienone is 1. The molecular weight excluding hydrogens is 957 g/mol. The number of nitrogens with zero attached hydrogens (tertiary/aromatic N) is 1. The van der Waals surface area contributed by atoms with Crippen molar-refractivity contribution in [2.45, 2.75) is 176 Å². The van der Waals surface area contributed by atoms with Gasteiger partial charge in [0.2, 0.25) is 29.5 Å². The highest BCUT2D eigenvalue weighted by Gasteiger charge is 2.59. The number of non-ortho nitro benzene ring substituents is 1. The summed E-state index contributed by atoms with van der Waals surface area (Å²) in [6, 6.07) is 8.61. The molecule has 0 aliphatic heterocycles.